The van der Waals surface area contributed by atoms with Gasteiger partial charge in [-0.1, -0.05) is 25.4 Å². The maximum Gasteiger partial charge on any atom is 0.167 e. The Bertz CT molecular complexity index is 510. The second kappa shape index (κ2) is 8.09. The molecule has 0 atom stereocenters. The number of ketones is 1. The van der Waals surface area contributed by atoms with Crippen LogP contribution in [0.5, 0.6) is 5.75 Å². The Morgan fingerprint density at radius 2 is 1.90 bits per heavy atom. The third kappa shape index (κ3) is 5.23. The van der Waals surface area contributed by atoms with Gasteiger partial charge in [0, 0.05) is 17.2 Å². The van der Waals surface area contributed by atoms with Crippen LogP contribution in [0.4, 0.5) is 0 Å². The van der Waals surface area contributed by atoms with Crippen molar-refractivity contribution in [3.63, 3.8) is 0 Å². The molecule has 2 nitrogen and oxygen atoms in total. The van der Waals surface area contributed by atoms with Gasteiger partial charge in [-0.25, -0.2) is 0 Å². The summed E-state index contributed by atoms with van der Waals surface area (Å²) in [5.74, 6) is 1.59. The molecular formula is C17H25ClO2S. The number of Topliss-reactive ketones (excluding diaryl/α,β-unsaturated/α-hetero) is 1. The quantitative estimate of drug-likeness (QED) is 0.622. The number of halogens is 1. The number of hydrogen-bond donors (Lipinski definition) is 0. The van der Waals surface area contributed by atoms with Crippen LogP contribution >= 0.6 is 23.4 Å². The molecule has 0 aliphatic heterocycles. The summed E-state index contributed by atoms with van der Waals surface area (Å²) in [6.07, 6.45) is 0.541. The Labute approximate surface area is 137 Å². The summed E-state index contributed by atoms with van der Waals surface area (Å²) in [6.45, 7) is 12.0. The number of carbonyl (C=O) groups excluding carboxylic acids is 1. The number of thioether (sulfide) groups is 1. The molecule has 0 fully saturated rings. The first-order valence-electron chi connectivity index (χ1n) is 7.35. The molecule has 1 aromatic carbocycles. The molecule has 0 bridgehead atoms. The van der Waals surface area contributed by atoms with Crippen molar-refractivity contribution in [2.75, 3.05) is 5.75 Å². The van der Waals surface area contributed by atoms with Gasteiger partial charge in [0.25, 0.3) is 0 Å². The van der Waals surface area contributed by atoms with Crippen molar-refractivity contribution >= 4 is 29.1 Å². The van der Waals surface area contributed by atoms with Crippen molar-refractivity contribution in [3.8, 4) is 5.75 Å². The second-order valence-corrected chi connectivity index (χ2v) is 7.83. The van der Waals surface area contributed by atoms with Crippen molar-refractivity contribution in [2.24, 2.45) is 0 Å². The first kappa shape index (κ1) is 18.4. The number of carbonyl (C=O) groups is 1. The van der Waals surface area contributed by atoms with Crippen molar-refractivity contribution in [3.05, 3.63) is 27.8 Å². The van der Waals surface area contributed by atoms with E-state index in [9.17, 15) is 4.79 Å². The molecule has 4 heteroatoms. The van der Waals surface area contributed by atoms with E-state index in [1.807, 2.05) is 33.8 Å². The molecule has 0 aromatic heterocycles. The zero-order valence-electron chi connectivity index (χ0n) is 13.7. The average molecular weight is 329 g/mol. The van der Waals surface area contributed by atoms with E-state index in [1.54, 1.807) is 11.8 Å². The third-order valence-electron chi connectivity index (χ3n) is 3.07. The molecule has 0 amide bonds. The van der Waals surface area contributed by atoms with Gasteiger partial charge < -0.3 is 4.74 Å². The van der Waals surface area contributed by atoms with Crippen LogP contribution in [0.25, 0.3) is 0 Å². The fourth-order valence-electron chi connectivity index (χ4n) is 2.13. The summed E-state index contributed by atoms with van der Waals surface area (Å²) in [5.41, 5.74) is 2.41. The number of hydrogen-bond acceptors (Lipinski definition) is 3. The largest absolute Gasteiger partial charge is 0.490 e. The van der Waals surface area contributed by atoms with E-state index in [2.05, 4.69) is 13.8 Å². The predicted octanol–water partition coefficient (Wildman–Crippen LogP) is 5.46. The van der Waals surface area contributed by atoms with E-state index in [-0.39, 0.29) is 11.9 Å². The van der Waals surface area contributed by atoms with Gasteiger partial charge in [-0.05, 0) is 50.1 Å². The zero-order valence-corrected chi connectivity index (χ0v) is 15.3. The molecule has 0 spiro atoms. The van der Waals surface area contributed by atoms with Crippen molar-refractivity contribution in [1.82, 2.24) is 0 Å². The molecule has 118 valence electrons. The maximum atomic E-state index is 12.6. The lowest BCUT2D eigenvalue weighted by Crippen LogP contribution is -2.13. The fraction of sp³-hybridized carbons (Fsp3) is 0.588. The summed E-state index contributed by atoms with van der Waals surface area (Å²) in [5, 5.41) is 1.19. The predicted molar refractivity (Wildman–Crippen MR) is 93.2 cm³/mol. The second-order valence-electron chi connectivity index (χ2n) is 5.76. The van der Waals surface area contributed by atoms with E-state index >= 15 is 0 Å². The average Bonchev–Trinajstić information content (AvgIpc) is 2.35. The highest BCUT2D eigenvalue weighted by atomic mass is 35.5. The molecule has 0 aliphatic rings. The maximum absolute atomic E-state index is 12.6. The van der Waals surface area contributed by atoms with Crippen LogP contribution in [0.2, 0.25) is 5.02 Å². The number of rotatable bonds is 7. The van der Waals surface area contributed by atoms with Gasteiger partial charge in [0.1, 0.15) is 5.75 Å². The van der Waals surface area contributed by atoms with Crippen LogP contribution in [-0.4, -0.2) is 22.9 Å². The summed E-state index contributed by atoms with van der Waals surface area (Å²) >= 11 is 8.10. The molecule has 0 aliphatic carbocycles. The molecule has 1 rings (SSSR count). The van der Waals surface area contributed by atoms with Crippen LogP contribution in [0.3, 0.4) is 0 Å². The monoisotopic (exact) mass is 328 g/mol. The normalized spacial score (nSPS) is 11.3. The topological polar surface area (TPSA) is 26.3 Å². The van der Waals surface area contributed by atoms with Crippen LogP contribution in [-0.2, 0) is 0 Å². The van der Waals surface area contributed by atoms with Gasteiger partial charge in [-0.15, -0.1) is 0 Å². The molecular weight excluding hydrogens is 304 g/mol. The van der Waals surface area contributed by atoms with E-state index in [0.717, 1.165) is 16.9 Å². The summed E-state index contributed by atoms with van der Waals surface area (Å²) in [4.78, 5) is 12.6. The molecule has 0 N–H and O–H groups in total. The molecule has 0 radical (unpaired) electrons. The lowest BCUT2D eigenvalue weighted by Gasteiger charge is -2.18. The molecule has 0 unspecified atom stereocenters. The standard InChI is InChI=1S/C17H25ClO2S/c1-10(2)20-15-9-12(5)17(18)13(6)16(15)14(19)7-8-21-11(3)4/h9-11H,7-8H2,1-6H3. The van der Waals surface area contributed by atoms with Crippen molar-refractivity contribution < 1.29 is 9.53 Å². The molecule has 21 heavy (non-hydrogen) atoms. The highest BCUT2D eigenvalue weighted by Gasteiger charge is 2.20. The fourth-order valence-corrected chi connectivity index (χ4v) is 3.05. The number of aryl methyl sites for hydroxylation is 1. The molecule has 0 heterocycles. The Morgan fingerprint density at radius 1 is 1.29 bits per heavy atom. The summed E-state index contributed by atoms with van der Waals surface area (Å²) in [7, 11) is 0. The zero-order chi connectivity index (χ0) is 16.2. The highest BCUT2D eigenvalue weighted by molar-refractivity contribution is 7.99. The summed E-state index contributed by atoms with van der Waals surface area (Å²) in [6, 6.07) is 1.87. The molecule has 0 saturated carbocycles. The minimum absolute atomic E-state index is 0.0292. The first-order valence-corrected chi connectivity index (χ1v) is 8.77. The third-order valence-corrected chi connectivity index (χ3v) is 4.75. The SMILES string of the molecule is Cc1cc(OC(C)C)c(C(=O)CCSC(C)C)c(C)c1Cl. The van der Waals surface area contributed by atoms with E-state index < -0.39 is 0 Å². The Hall–Kier alpha value is -0.670. The summed E-state index contributed by atoms with van der Waals surface area (Å²) < 4.78 is 5.82. The van der Waals surface area contributed by atoms with Crippen molar-refractivity contribution in [2.45, 2.75) is 59.3 Å². The minimum atomic E-state index is 0.0292. The Balaban J connectivity index is 3.07. The molecule has 0 saturated heterocycles. The van der Waals surface area contributed by atoms with E-state index in [1.165, 1.54) is 0 Å². The lowest BCUT2D eigenvalue weighted by molar-refractivity contribution is 0.0983. The lowest BCUT2D eigenvalue weighted by atomic mass is 9.99. The van der Waals surface area contributed by atoms with Gasteiger partial charge in [0.15, 0.2) is 5.78 Å². The van der Waals surface area contributed by atoms with Gasteiger partial charge in [0.2, 0.25) is 0 Å². The van der Waals surface area contributed by atoms with Crippen molar-refractivity contribution in [1.29, 1.82) is 0 Å². The smallest absolute Gasteiger partial charge is 0.167 e. The number of benzene rings is 1. The first-order chi connectivity index (χ1) is 9.73. The van der Waals surface area contributed by atoms with Crippen LogP contribution in [0.15, 0.2) is 6.07 Å². The van der Waals surface area contributed by atoms with Gasteiger partial charge in [-0.3, -0.25) is 4.79 Å². The van der Waals surface area contributed by atoms with Crippen LogP contribution < -0.4 is 4.74 Å². The number of ether oxygens (including phenoxy) is 1. The Morgan fingerprint density at radius 3 is 2.43 bits per heavy atom. The molecule has 1 aromatic rings. The van der Waals surface area contributed by atoms with E-state index in [4.69, 9.17) is 16.3 Å². The van der Waals surface area contributed by atoms with Gasteiger partial charge >= 0.3 is 0 Å². The van der Waals surface area contributed by atoms with E-state index in [0.29, 0.717) is 28.0 Å². The van der Waals surface area contributed by atoms with Gasteiger partial charge in [0.05, 0.1) is 11.7 Å². The Kier molecular flexibility index (Phi) is 7.08. The minimum Gasteiger partial charge on any atom is -0.490 e. The van der Waals surface area contributed by atoms with Crippen LogP contribution in [0.1, 0.15) is 55.6 Å². The van der Waals surface area contributed by atoms with Gasteiger partial charge in [-0.2, -0.15) is 11.8 Å². The van der Waals surface area contributed by atoms with Crippen LogP contribution in [0, 0.1) is 13.8 Å². The highest BCUT2D eigenvalue weighted by Crippen LogP contribution is 2.33.